The number of piperidine rings is 1. The summed E-state index contributed by atoms with van der Waals surface area (Å²) < 4.78 is 5.64. The predicted molar refractivity (Wildman–Crippen MR) is 71.5 cm³/mol. The smallest absolute Gasteiger partial charge is 0.223 e. The highest BCUT2D eigenvalue weighted by molar-refractivity contribution is 5.76. The zero-order valence-electron chi connectivity index (χ0n) is 11.3. The van der Waals surface area contributed by atoms with Gasteiger partial charge in [-0.05, 0) is 38.5 Å². The normalized spacial score (nSPS) is 25.1. The predicted octanol–water partition coefficient (Wildman–Crippen LogP) is 1.55. The maximum absolute atomic E-state index is 11.9. The van der Waals surface area contributed by atoms with Gasteiger partial charge in [0.2, 0.25) is 5.91 Å². The van der Waals surface area contributed by atoms with Crippen molar-refractivity contribution in [3.05, 3.63) is 0 Å². The summed E-state index contributed by atoms with van der Waals surface area (Å²) in [4.78, 5) is 13.9. The van der Waals surface area contributed by atoms with E-state index >= 15 is 0 Å². The first-order valence-corrected chi connectivity index (χ1v) is 7.46. The number of carbonyl (C=O) groups is 1. The van der Waals surface area contributed by atoms with Crippen molar-refractivity contribution in [2.75, 3.05) is 32.8 Å². The second kappa shape index (κ2) is 7.74. The molecule has 2 aliphatic heterocycles. The van der Waals surface area contributed by atoms with Crippen LogP contribution in [0.25, 0.3) is 0 Å². The molecule has 2 rings (SSSR count). The van der Waals surface area contributed by atoms with E-state index in [1.807, 2.05) is 4.90 Å². The van der Waals surface area contributed by atoms with Crippen LogP contribution in [-0.4, -0.2) is 49.7 Å². The molecule has 2 heterocycles. The molecule has 2 fully saturated rings. The summed E-state index contributed by atoms with van der Waals surface area (Å²) in [7, 11) is 0. The maximum Gasteiger partial charge on any atom is 0.223 e. The van der Waals surface area contributed by atoms with Crippen LogP contribution in [0.1, 0.15) is 44.9 Å². The zero-order valence-corrected chi connectivity index (χ0v) is 11.3. The molecule has 2 saturated heterocycles. The number of rotatable bonds is 5. The maximum atomic E-state index is 11.9. The van der Waals surface area contributed by atoms with E-state index in [1.54, 1.807) is 0 Å². The Morgan fingerprint density at radius 1 is 1.17 bits per heavy atom. The zero-order chi connectivity index (χ0) is 12.6. The highest BCUT2D eigenvalue weighted by Crippen LogP contribution is 2.12. The number of likely N-dealkylation sites (tertiary alicyclic amines) is 1. The van der Waals surface area contributed by atoms with Crippen molar-refractivity contribution in [1.29, 1.82) is 0 Å². The van der Waals surface area contributed by atoms with Crippen molar-refractivity contribution < 1.29 is 9.53 Å². The van der Waals surface area contributed by atoms with Gasteiger partial charge in [0.05, 0.1) is 6.10 Å². The lowest BCUT2D eigenvalue weighted by molar-refractivity contribution is -0.132. The molecule has 1 N–H and O–H groups in total. The third-order valence-corrected chi connectivity index (χ3v) is 3.87. The Morgan fingerprint density at radius 2 is 2.00 bits per heavy atom. The third-order valence-electron chi connectivity index (χ3n) is 3.87. The fourth-order valence-corrected chi connectivity index (χ4v) is 2.73. The van der Waals surface area contributed by atoms with Gasteiger partial charge in [0.25, 0.3) is 0 Å². The van der Waals surface area contributed by atoms with E-state index in [0.717, 1.165) is 39.2 Å². The summed E-state index contributed by atoms with van der Waals surface area (Å²) >= 11 is 0. The van der Waals surface area contributed by atoms with Crippen molar-refractivity contribution >= 4 is 5.91 Å². The van der Waals surface area contributed by atoms with Gasteiger partial charge in [0.1, 0.15) is 0 Å². The van der Waals surface area contributed by atoms with Crippen LogP contribution in [0, 0.1) is 0 Å². The molecule has 0 saturated carbocycles. The lowest BCUT2D eigenvalue weighted by atomic mass is 10.1. The minimum Gasteiger partial charge on any atom is -0.377 e. The van der Waals surface area contributed by atoms with Crippen LogP contribution >= 0.6 is 0 Å². The number of amides is 1. The summed E-state index contributed by atoms with van der Waals surface area (Å²) in [5, 5.41) is 3.35. The molecule has 2 aliphatic rings. The van der Waals surface area contributed by atoms with E-state index in [4.69, 9.17) is 4.74 Å². The second-order valence-electron chi connectivity index (χ2n) is 5.38. The Bertz CT molecular complexity index is 246. The topological polar surface area (TPSA) is 41.6 Å². The lowest BCUT2D eigenvalue weighted by Crippen LogP contribution is -2.38. The number of hydrogen-bond donors (Lipinski definition) is 1. The molecule has 0 aromatic carbocycles. The van der Waals surface area contributed by atoms with Crippen molar-refractivity contribution in [2.45, 2.75) is 51.0 Å². The van der Waals surface area contributed by atoms with Gasteiger partial charge in [-0.2, -0.15) is 0 Å². The average molecular weight is 254 g/mol. The first kappa shape index (κ1) is 13.8. The Kier molecular flexibility index (Phi) is 5.94. The summed E-state index contributed by atoms with van der Waals surface area (Å²) in [6, 6.07) is 0. The van der Waals surface area contributed by atoms with E-state index in [9.17, 15) is 4.79 Å². The largest absolute Gasteiger partial charge is 0.377 e. The molecule has 0 radical (unpaired) electrons. The summed E-state index contributed by atoms with van der Waals surface area (Å²) in [5.41, 5.74) is 0. The van der Waals surface area contributed by atoms with E-state index in [1.165, 1.54) is 32.1 Å². The average Bonchev–Trinajstić information content (AvgIpc) is 2.45. The van der Waals surface area contributed by atoms with Gasteiger partial charge in [-0.3, -0.25) is 4.79 Å². The van der Waals surface area contributed by atoms with Gasteiger partial charge in [0, 0.05) is 39.2 Å². The lowest BCUT2D eigenvalue weighted by Gasteiger charge is -2.27. The van der Waals surface area contributed by atoms with E-state index < -0.39 is 0 Å². The minimum absolute atomic E-state index is 0.312. The molecular formula is C14H26N2O2. The molecular weight excluding hydrogens is 228 g/mol. The van der Waals surface area contributed by atoms with Crippen molar-refractivity contribution in [3.8, 4) is 0 Å². The van der Waals surface area contributed by atoms with E-state index in [-0.39, 0.29) is 0 Å². The monoisotopic (exact) mass is 254 g/mol. The van der Waals surface area contributed by atoms with Gasteiger partial charge in [-0.1, -0.05) is 0 Å². The van der Waals surface area contributed by atoms with Crippen LogP contribution in [0.2, 0.25) is 0 Å². The Balaban J connectivity index is 1.52. The van der Waals surface area contributed by atoms with Crippen LogP contribution in [0.15, 0.2) is 0 Å². The van der Waals surface area contributed by atoms with E-state index in [2.05, 4.69) is 5.32 Å². The molecule has 4 heteroatoms. The minimum atomic E-state index is 0.312. The number of hydrogen-bond acceptors (Lipinski definition) is 3. The van der Waals surface area contributed by atoms with Gasteiger partial charge in [-0.15, -0.1) is 0 Å². The number of nitrogens with zero attached hydrogens (tertiary/aromatic N) is 1. The molecule has 104 valence electrons. The molecule has 0 aliphatic carbocycles. The molecule has 4 nitrogen and oxygen atoms in total. The molecule has 18 heavy (non-hydrogen) atoms. The molecule has 0 bridgehead atoms. The Hall–Kier alpha value is -0.610. The molecule has 0 spiro atoms. The molecule has 1 atom stereocenters. The van der Waals surface area contributed by atoms with Gasteiger partial charge >= 0.3 is 0 Å². The van der Waals surface area contributed by atoms with Gasteiger partial charge in [0.15, 0.2) is 0 Å². The number of nitrogens with one attached hydrogen (secondary N) is 1. The molecule has 0 aromatic rings. The summed E-state index contributed by atoms with van der Waals surface area (Å²) in [5.74, 6) is 0.312. The fourth-order valence-electron chi connectivity index (χ4n) is 2.73. The van der Waals surface area contributed by atoms with Crippen LogP contribution < -0.4 is 5.32 Å². The Morgan fingerprint density at radius 3 is 2.72 bits per heavy atom. The molecule has 1 unspecified atom stereocenters. The van der Waals surface area contributed by atoms with Crippen LogP contribution in [0.5, 0.6) is 0 Å². The number of carbonyl (C=O) groups excluding carboxylic acids is 1. The molecule has 1 amide bonds. The quantitative estimate of drug-likeness (QED) is 0.757. The summed E-state index contributed by atoms with van der Waals surface area (Å²) in [6.45, 7) is 4.51. The Labute approximate surface area is 110 Å². The van der Waals surface area contributed by atoms with Gasteiger partial charge < -0.3 is 15.0 Å². The van der Waals surface area contributed by atoms with Crippen LogP contribution in [-0.2, 0) is 9.53 Å². The molecule has 0 aromatic heterocycles. The number of ether oxygens (including phenoxy) is 1. The SMILES string of the molecule is O=C(CCNCC1CCCCO1)N1CCCCC1. The first-order chi connectivity index (χ1) is 8.86. The third kappa shape index (κ3) is 4.58. The summed E-state index contributed by atoms with van der Waals surface area (Å²) in [6.07, 6.45) is 8.26. The van der Waals surface area contributed by atoms with E-state index in [0.29, 0.717) is 18.4 Å². The second-order valence-corrected chi connectivity index (χ2v) is 5.38. The van der Waals surface area contributed by atoms with Crippen molar-refractivity contribution in [1.82, 2.24) is 10.2 Å². The fraction of sp³-hybridized carbons (Fsp3) is 0.929. The van der Waals surface area contributed by atoms with Crippen molar-refractivity contribution in [3.63, 3.8) is 0 Å². The standard InChI is InChI=1S/C14H26N2O2/c17-14(16-9-3-1-4-10-16)7-8-15-12-13-6-2-5-11-18-13/h13,15H,1-12H2. The van der Waals surface area contributed by atoms with Gasteiger partial charge in [-0.25, -0.2) is 0 Å². The van der Waals surface area contributed by atoms with Crippen LogP contribution in [0.4, 0.5) is 0 Å². The van der Waals surface area contributed by atoms with Crippen molar-refractivity contribution in [2.24, 2.45) is 0 Å². The van der Waals surface area contributed by atoms with Crippen LogP contribution in [0.3, 0.4) is 0 Å². The highest BCUT2D eigenvalue weighted by Gasteiger charge is 2.16. The first-order valence-electron chi connectivity index (χ1n) is 7.46. The highest BCUT2D eigenvalue weighted by atomic mass is 16.5.